The molecule has 3 aromatic rings. The Labute approximate surface area is 170 Å². The Bertz CT molecular complexity index is 990. The van der Waals surface area contributed by atoms with Crippen LogP contribution in [0.1, 0.15) is 28.8 Å². The summed E-state index contributed by atoms with van der Waals surface area (Å²) in [5.74, 6) is 1.51. The molecule has 0 aliphatic carbocycles. The van der Waals surface area contributed by atoms with E-state index in [0.717, 1.165) is 54.9 Å². The van der Waals surface area contributed by atoms with Crippen molar-refractivity contribution in [1.82, 2.24) is 15.2 Å². The minimum absolute atomic E-state index is 0.00596. The Morgan fingerprint density at radius 2 is 1.86 bits per heavy atom. The SMILES string of the molecule is COc1ccc(CN2CCC(NC(=O)c3ccc4[nH]ccc4c3)CC2)cc1OC. The number of nitrogens with zero attached hydrogens (tertiary/aromatic N) is 1. The standard InChI is InChI=1S/C23H27N3O3/c1-28-21-6-3-16(13-22(21)29-2)15-26-11-8-19(9-12-26)25-23(27)18-4-5-20-17(14-18)7-10-24-20/h3-7,10,13-14,19,24H,8-9,11-12,15H2,1-2H3,(H,25,27). The van der Waals surface area contributed by atoms with Crippen molar-refractivity contribution in [1.29, 1.82) is 0 Å². The van der Waals surface area contributed by atoms with E-state index < -0.39 is 0 Å². The van der Waals surface area contributed by atoms with E-state index >= 15 is 0 Å². The van der Waals surface area contributed by atoms with Crippen LogP contribution < -0.4 is 14.8 Å². The van der Waals surface area contributed by atoms with Crippen LogP contribution in [0, 0.1) is 0 Å². The molecule has 4 rings (SSSR count). The van der Waals surface area contributed by atoms with Gasteiger partial charge in [0, 0.05) is 48.3 Å². The van der Waals surface area contributed by atoms with Crippen molar-refractivity contribution in [2.24, 2.45) is 0 Å². The van der Waals surface area contributed by atoms with E-state index in [1.807, 2.05) is 42.6 Å². The first-order valence-electron chi connectivity index (χ1n) is 9.97. The molecule has 1 aromatic heterocycles. The van der Waals surface area contributed by atoms with E-state index in [2.05, 4.69) is 21.3 Å². The van der Waals surface area contributed by atoms with Crippen molar-refractivity contribution in [3.63, 3.8) is 0 Å². The minimum atomic E-state index is 0.00596. The number of likely N-dealkylation sites (tertiary alicyclic amines) is 1. The van der Waals surface area contributed by atoms with Gasteiger partial charge < -0.3 is 19.8 Å². The third-order valence-corrected chi connectivity index (χ3v) is 5.59. The minimum Gasteiger partial charge on any atom is -0.493 e. The first kappa shape index (κ1) is 19.3. The maximum Gasteiger partial charge on any atom is 0.251 e. The highest BCUT2D eigenvalue weighted by Gasteiger charge is 2.21. The van der Waals surface area contributed by atoms with E-state index in [1.165, 1.54) is 5.56 Å². The van der Waals surface area contributed by atoms with Gasteiger partial charge >= 0.3 is 0 Å². The van der Waals surface area contributed by atoms with Crippen molar-refractivity contribution in [3.05, 3.63) is 59.8 Å². The molecule has 1 aliphatic heterocycles. The smallest absolute Gasteiger partial charge is 0.251 e. The first-order chi connectivity index (χ1) is 14.2. The van der Waals surface area contributed by atoms with Gasteiger partial charge in [0.05, 0.1) is 14.2 Å². The Kier molecular flexibility index (Phi) is 5.71. The van der Waals surface area contributed by atoms with Gasteiger partial charge in [-0.3, -0.25) is 9.69 Å². The van der Waals surface area contributed by atoms with Crippen LogP contribution in [0.25, 0.3) is 10.9 Å². The summed E-state index contributed by atoms with van der Waals surface area (Å²) in [6.45, 7) is 2.78. The Hall–Kier alpha value is -2.99. The molecule has 0 radical (unpaired) electrons. The second kappa shape index (κ2) is 8.57. The second-order valence-corrected chi connectivity index (χ2v) is 7.49. The highest BCUT2D eigenvalue weighted by molar-refractivity contribution is 5.98. The monoisotopic (exact) mass is 393 g/mol. The van der Waals surface area contributed by atoms with Gasteiger partial charge in [0.25, 0.3) is 5.91 Å². The van der Waals surface area contributed by atoms with Crippen LogP contribution in [-0.2, 0) is 6.54 Å². The van der Waals surface area contributed by atoms with E-state index in [1.54, 1.807) is 14.2 Å². The Balaban J connectivity index is 1.30. The van der Waals surface area contributed by atoms with E-state index in [0.29, 0.717) is 5.56 Å². The topological polar surface area (TPSA) is 66.6 Å². The molecule has 6 nitrogen and oxygen atoms in total. The Morgan fingerprint density at radius 3 is 2.62 bits per heavy atom. The number of piperidine rings is 1. The third-order valence-electron chi connectivity index (χ3n) is 5.59. The van der Waals surface area contributed by atoms with Crippen LogP contribution in [0.4, 0.5) is 0 Å². The molecular weight excluding hydrogens is 366 g/mol. The number of fused-ring (bicyclic) bond motifs is 1. The largest absolute Gasteiger partial charge is 0.493 e. The average Bonchev–Trinajstić information content (AvgIpc) is 3.23. The van der Waals surface area contributed by atoms with Crippen LogP contribution in [0.3, 0.4) is 0 Å². The van der Waals surface area contributed by atoms with Gasteiger partial charge in [-0.05, 0) is 54.8 Å². The maximum absolute atomic E-state index is 12.6. The summed E-state index contributed by atoms with van der Waals surface area (Å²) in [7, 11) is 3.30. The number of carbonyl (C=O) groups is 1. The van der Waals surface area contributed by atoms with E-state index in [4.69, 9.17) is 9.47 Å². The fourth-order valence-electron chi connectivity index (χ4n) is 3.94. The van der Waals surface area contributed by atoms with Crippen LogP contribution >= 0.6 is 0 Å². The number of rotatable bonds is 6. The van der Waals surface area contributed by atoms with Gasteiger partial charge in [-0.15, -0.1) is 0 Å². The van der Waals surface area contributed by atoms with Gasteiger partial charge in [-0.2, -0.15) is 0 Å². The summed E-state index contributed by atoms with van der Waals surface area (Å²) in [6, 6.07) is 14.0. The molecule has 1 fully saturated rings. The van der Waals surface area contributed by atoms with Gasteiger partial charge in [-0.25, -0.2) is 0 Å². The molecule has 6 heteroatoms. The number of methoxy groups -OCH3 is 2. The van der Waals surface area contributed by atoms with Crippen LogP contribution in [0.2, 0.25) is 0 Å². The van der Waals surface area contributed by atoms with E-state index in [9.17, 15) is 4.79 Å². The summed E-state index contributed by atoms with van der Waals surface area (Å²) in [4.78, 5) is 18.2. The summed E-state index contributed by atoms with van der Waals surface area (Å²) in [5.41, 5.74) is 2.96. The highest BCUT2D eigenvalue weighted by Crippen LogP contribution is 2.28. The summed E-state index contributed by atoms with van der Waals surface area (Å²) in [6.07, 6.45) is 3.79. The van der Waals surface area contributed by atoms with Gasteiger partial charge in [0.1, 0.15) is 0 Å². The summed E-state index contributed by atoms with van der Waals surface area (Å²) >= 11 is 0. The third kappa shape index (κ3) is 4.38. The molecule has 0 atom stereocenters. The van der Waals surface area contributed by atoms with Gasteiger partial charge in [-0.1, -0.05) is 6.07 Å². The predicted octanol–water partition coefficient (Wildman–Crippen LogP) is 3.58. The number of aromatic nitrogens is 1. The number of hydrogen-bond donors (Lipinski definition) is 2. The lowest BCUT2D eigenvalue weighted by Gasteiger charge is -2.32. The molecule has 1 saturated heterocycles. The number of ether oxygens (including phenoxy) is 2. The zero-order valence-corrected chi connectivity index (χ0v) is 16.9. The number of benzene rings is 2. The zero-order chi connectivity index (χ0) is 20.2. The van der Waals surface area contributed by atoms with Gasteiger partial charge in [0.2, 0.25) is 0 Å². The van der Waals surface area contributed by atoms with Crippen LogP contribution in [0.15, 0.2) is 48.7 Å². The molecule has 2 heterocycles. The lowest BCUT2D eigenvalue weighted by Crippen LogP contribution is -2.44. The number of H-pyrrole nitrogens is 1. The molecule has 152 valence electrons. The molecular formula is C23H27N3O3. The zero-order valence-electron chi connectivity index (χ0n) is 16.9. The van der Waals surface area contributed by atoms with Crippen LogP contribution in [-0.4, -0.2) is 49.1 Å². The molecule has 29 heavy (non-hydrogen) atoms. The number of amides is 1. The van der Waals surface area contributed by atoms with Crippen molar-refractivity contribution in [2.75, 3.05) is 27.3 Å². The summed E-state index contributed by atoms with van der Waals surface area (Å²) < 4.78 is 10.7. The van der Waals surface area contributed by atoms with Crippen molar-refractivity contribution < 1.29 is 14.3 Å². The fourth-order valence-corrected chi connectivity index (χ4v) is 3.94. The van der Waals surface area contributed by atoms with Crippen molar-refractivity contribution in [3.8, 4) is 11.5 Å². The van der Waals surface area contributed by atoms with Gasteiger partial charge in [0.15, 0.2) is 11.5 Å². The molecule has 0 spiro atoms. The number of nitrogens with one attached hydrogen (secondary N) is 2. The Morgan fingerprint density at radius 1 is 1.07 bits per heavy atom. The quantitative estimate of drug-likeness (QED) is 0.672. The predicted molar refractivity (Wildman–Crippen MR) is 114 cm³/mol. The molecule has 1 aliphatic rings. The number of aromatic amines is 1. The van der Waals surface area contributed by atoms with Crippen molar-refractivity contribution >= 4 is 16.8 Å². The maximum atomic E-state index is 12.6. The van der Waals surface area contributed by atoms with Crippen LogP contribution in [0.5, 0.6) is 11.5 Å². The normalized spacial score (nSPS) is 15.4. The van der Waals surface area contributed by atoms with Crippen molar-refractivity contribution in [2.45, 2.75) is 25.4 Å². The lowest BCUT2D eigenvalue weighted by atomic mass is 10.0. The fraction of sp³-hybridized carbons (Fsp3) is 0.348. The molecule has 2 aromatic carbocycles. The molecule has 2 N–H and O–H groups in total. The number of hydrogen-bond acceptors (Lipinski definition) is 4. The second-order valence-electron chi connectivity index (χ2n) is 7.49. The molecule has 0 bridgehead atoms. The number of carbonyl (C=O) groups excluding carboxylic acids is 1. The summed E-state index contributed by atoms with van der Waals surface area (Å²) in [5, 5.41) is 4.26. The average molecular weight is 393 g/mol. The molecule has 0 saturated carbocycles. The van der Waals surface area contributed by atoms with E-state index in [-0.39, 0.29) is 11.9 Å². The first-order valence-corrected chi connectivity index (χ1v) is 9.97. The lowest BCUT2D eigenvalue weighted by molar-refractivity contribution is 0.0909. The molecule has 1 amide bonds. The highest BCUT2D eigenvalue weighted by atomic mass is 16.5. The molecule has 0 unspecified atom stereocenters.